The van der Waals surface area contributed by atoms with Crippen molar-refractivity contribution in [3.63, 3.8) is 0 Å². The lowest BCUT2D eigenvalue weighted by atomic mass is 9.90. The Morgan fingerprint density at radius 2 is 2.13 bits per heavy atom. The van der Waals surface area contributed by atoms with Gasteiger partial charge in [-0.05, 0) is 62.5 Å². The first kappa shape index (κ1) is 16.2. The number of nitrogens with one attached hydrogen (secondary N) is 2. The van der Waals surface area contributed by atoms with Gasteiger partial charge in [-0.1, -0.05) is 18.6 Å². The summed E-state index contributed by atoms with van der Waals surface area (Å²) in [6, 6.07) is 1.99. The molecule has 23 heavy (non-hydrogen) atoms. The minimum Gasteiger partial charge on any atom is -0.273 e. The van der Waals surface area contributed by atoms with E-state index in [1.54, 1.807) is 11.3 Å². The van der Waals surface area contributed by atoms with Crippen molar-refractivity contribution in [2.75, 3.05) is 0 Å². The summed E-state index contributed by atoms with van der Waals surface area (Å²) < 4.78 is 0. The van der Waals surface area contributed by atoms with E-state index < -0.39 is 0 Å². The Bertz CT molecular complexity index is 633. The van der Waals surface area contributed by atoms with Gasteiger partial charge < -0.3 is 0 Å². The third-order valence-corrected chi connectivity index (χ3v) is 5.88. The second-order valence-corrected chi connectivity index (χ2v) is 7.83. The maximum atomic E-state index is 12.2. The zero-order chi connectivity index (χ0) is 16.2. The summed E-state index contributed by atoms with van der Waals surface area (Å²) >= 11 is 1.56. The molecule has 0 aliphatic heterocycles. The molecule has 2 amide bonds. The average Bonchev–Trinajstić information content (AvgIpc) is 2.96. The molecule has 0 saturated carbocycles. The van der Waals surface area contributed by atoms with E-state index in [0.717, 1.165) is 32.1 Å². The number of allylic oxidation sites excluding steroid dienone is 1. The molecule has 1 aromatic heterocycles. The van der Waals surface area contributed by atoms with Crippen LogP contribution in [0.15, 0.2) is 17.7 Å². The van der Waals surface area contributed by atoms with E-state index in [1.165, 1.54) is 28.9 Å². The van der Waals surface area contributed by atoms with Crippen LogP contribution in [0.2, 0.25) is 0 Å². The van der Waals surface area contributed by atoms with E-state index >= 15 is 0 Å². The summed E-state index contributed by atoms with van der Waals surface area (Å²) in [5.41, 5.74) is 7.59. The van der Waals surface area contributed by atoms with Crippen molar-refractivity contribution in [1.82, 2.24) is 10.9 Å². The van der Waals surface area contributed by atoms with Gasteiger partial charge in [0.2, 0.25) is 5.91 Å². The highest BCUT2D eigenvalue weighted by Gasteiger charge is 2.21. The van der Waals surface area contributed by atoms with Crippen molar-refractivity contribution in [3.05, 3.63) is 33.0 Å². The van der Waals surface area contributed by atoms with Crippen LogP contribution in [0.4, 0.5) is 0 Å². The highest BCUT2D eigenvalue weighted by Crippen LogP contribution is 2.32. The molecule has 124 valence electrons. The molecule has 2 aliphatic carbocycles. The number of rotatable bonds is 3. The van der Waals surface area contributed by atoms with Crippen LogP contribution in [0.5, 0.6) is 0 Å². The van der Waals surface area contributed by atoms with Crippen LogP contribution >= 0.6 is 11.3 Å². The number of fused-ring (bicyclic) bond motifs is 1. The lowest BCUT2D eigenvalue weighted by molar-refractivity contribution is -0.121. The van der Waals surface area contributed by atoms with Gasteiger partial charge >= 0.3 is 0 Å². The smallest absolute Gasteiger partial charge is 0.273 e. The molecule has 0 fully saturated rings. The molecule has 1 aromatic rings. The van der Waals surface area contributed by atoms with E-state index in [-0.39, 0.29) is 11.8 Å². The van der Waals surface area contributed by atoms with E-state index in [1.807, 2.05) is 6.07 Å². The van der Waals surface area contributed by atoms with Gasteiger partial charge in [-0.2, -0.15) is 0 Å². The Morgan fingerprint density at radius 3 is 2.91 bits per heavy atom. The zero-order valence-corrected chi connectivity index (χ0v) is 14.4. The molecule has 0 radical (unpaired) electrons. The second-order valence-electron chi connectivity index (χ2n) is 6.69. The molecule has 5 heteroatoms. The van der Waals surface area contributed by atoms with Crippen molar-refractivity contribution in [2.24, 2.45) is 5.92 Å². The highest BCUT2D eigenvalue weighted by molar-refractivity contribution is 7.14. The van der Waals surface area contributed by atoms with Crippen LogP contribution in [0, 0.1) is 5.92 Å². The summed E-state index contributed by atoms with van der Waals surface area (Å²) in [4.78, 5) is 26.2. The topological polar surface area (TPSA) is 58.2 Å². The van der Waals surface area contributed by atoms with Crippen LogP contribution in [0.1, 0.15) is 65.6 Å². The number of hydrazine groups is 1. The van der Waals surface area contributed by atoms with Gasteiger partial charge in [-0.3, -0.25) is 20.4 Å². The molecule has 3 rings (SSSR count). The predicted molar refractivity (Wildman–Crippen MR) is 92.3 cm³/mol. The fourth-order valence-corrected chi connectivity index (χ4v) is 4.43. The molecule has 0 unspecified atom stereocenters. The number of aryl methyl sites for hydroxylation is 1. The molecule has 0 bridgehead atoms. The van der Waals surface area contributed by atoms with Crippen molar-refractivity contribution in [3.8, 4) is 0 Å². The molecule has 0 spiro atoms. The SMILES string of the molecule is C[C@H]1CCc2sc(C(=O)NNC(=O)CC3=CCCCC3)cc2C1. The number of hydrogen-bond donors (Lipinski definition) is 2. The standard InChI is InChI=1S/C18H24N2O2S/c1-12-7-8-15-14(9-12)11-16(23-15)18(22)20-19-17(21)10-13-5-3-2-4-6-13/h5,11-12H,2-4,6-10H2,1H3,(H,19,21)(H,20,22)/t12-/m0/s1. The molecule has 2 N–H and O–H groups in total. The van der Waals surface area contributed by atoms with Crippen LogP contribution in [0.25, 0.3) is 0 Å². The number of thiophene rings is 1. The molecule has 0 aromatic carbocycles. The maximum absolute atomic E-state index is 12.2. The number of carbonyl (C=O) groups is 2. The molecule has 2 aliphatic rings. The van der Waals surface area contributed by atoms with Crippen LogP contribution in [-0.2, 0) is 17.6 Å². The van der Waals surface area contributed by atoms with Gasteiger partial charge in [0.05, 0.1) is 4.88 Å². The van der Waals surface area contributed by atoms with E-state index in [2.05, 4.69) is 23.9 Å². The van der Waals surface area contributed by atoms with Crippen LogP contribution < -0.4 is 10.9 Å². The first-order valence-electron chi connectivity index (χ1n) is 8.50. The predicted octanol–water partition coefficient (Wildman–Crippen LogP) is 3.52. The van der Waals surface area contributed by atoms with Gasteiger partial charge in [0.1, 0.15) is 0 Å². The third-order valence-electron chi connectivity index (χ3n) is 4.64. The highest BCUT2D eigenvalue weighted by atomic mass is 32.1. The lowest BCUT2D eigenvalue weighted by Crippen LogP contribution is -2.41. The van der Waals surface area contributed by atoms with Crippen LogP contribution in [0.3, 0.4) is 0 Å². The summed E-state index contributed by atoms with van der Waals surface area (Å²) in [6.07, 6.45) is 10.3. The lowest BCUT2D eigenvalue weighted by Gasteiger charge is -2.16. The molecule has 0 saturated heterocycles. The van der Waals surface area contributed by atoms with E-state index in [0.29, 0.717) is 17.2 Å². The Morgan fingerprint density at radius 1 is 1.26 bits per heavy atom. The summed E-state index contributed by atoms with van der Waals surface area (Å²) in [6.45, 7) is 2.25. The Hall–Kier alpha value is -1.62. The average molecular weight is 332 g/mol. The molecule has 1 atom stereocenters. The quantitative estimate of drug-likeness (QED) is 0.657. The van der Waals surface area contributed by atoms with Gasteiger partial charge in [-0.15, -0.1) is 11.3 Å². The summed E-state index contributed by atoms with van der Waals surface area (Å²) in [5, 5.41) is 0. The molecule has 4 nitrogen and oxygen atoms in total. The van der Waals surface area contributed by atoms with Gasteiger partial charge in [-0.25, -0.2) is 0 Å². The van der Waals surface area contributed by atoms with E-state index in [4.69, 9.17) is 0 Å². The molecular formula is C18H24N2O2S. The fraction of sp³-hybridized carbons (Fsp3) is 0.556. The third kappa shape index (κ3) is 4.22. The monoisotopic (exact) mass is 332 g/mol. The van der Waals surface area contributed by atoms with Gasteiger partial charge in [0.25, 0.3) is 5.91 Å². The van der Waals surface area contributed by atoms with Crippen molar-refractivity contribution >= 4 is 23.2 Å². The van der Waals surface area contributed by atoms with Gasteiger partial charge in [0.15, 0.2) is 0 Å². The zero-order valence-electron chi connectivity index (χ0n) is 13.6. The number of amides is 2. The first-order valence-corrected chi connectivity index (χ1v) is 9.32. The number of hydrogen-bond acceptors (Lipinski definition) is 3. The van der Waals surface area contributed by atoms with Crippen molar-refractivity contribution < 1.29 is 9.59 Å². The minimum absolute atomic E-state index is 0.138. The summed E-state index contributed by atoms with van der Waals surface area (Å²) in [7, 11) is 0. The van der Waals surface area contributed by atoms with Crippen molar-refractivity contribution in [1.29, 1.82) is 0 Å². The maximum Gasteiger partial charge on any atom is 0.279 e. The Kier molecular flexibility index (Phi) is 5.16. The first-order chi connectivity index (χ1) is 11.1. The molecular weight excluding hydrogens is 308 g/mol. The van der Waals surface area contributed by atoms with E-state index in [9.17, 15) is 9.59 Å². The van der Waals surface area contributed by atoms with Gasteiger partial charge in [0, 0.05) is 11.3 Å². The minimum atomic E-state index is -0.206. The Labute approximate surface area is 141 Å². The number of carbonyl (C=O) groups excluding carboxylic acids is 2. The molecule has 1 heterocycles. The fourth-order valence-electron chi connectivity index (χ4n) is 3.32. The summed E-state index contributed by atoms with van der Waals surface area (Å²) in [5.74, 6) is 0.348. The Balaban J connectivity index is 1.51. The normalized spacial score (nSPS) is 20.4. The van der Waals surface area contributed by atoms with Crippen LogP contribution in [-0.4, -0.2) is 11.8 Å². The second kappa shape index (κ2) is 7.30. The van der Waals surface area contributed by atoms with Crippen molar-refractivity contribution in [2.45, 2.75) is 58.3 Å². The largest absolute Gasteiger partial charge is 0.279 e.